The second kappa shape index (κ2) is 8.46. The van der Waals surface area contributed by atoms with Crippen molar-refractivity contribution in [1.29, 1.82) is 0 Å². The lowest BCUT2D eigenvalue weighted by atomic mass is 10.0. The smallest absolute Gasteiger partial charge is 0.343 e. The summed E-state index contributed by atoms with van der Waals surface area (Å²) in [6.45, 7) is 1.61. The Morgan fingerprint density at radius 3 is 2.58 bits per heavy atom. The molecule has 1 amide bonds. The van der Waals surface area contributed by atoms with Crippen LogP contribution in [0.2, 0.25) is 0 Å². The summed E-state index contributed by atoms with van der Waals surface area (Å²) in [5.74, 6) is -0.115. The molecular weight excluding hydrogens is 430 g/mol. The van der Waals surface area contributed by atoms with E-state index in [1.807, 2.05) is 4.90 Å². The van der Waals surface area contributed by atoms with E-state index in [0.29, 0.717) is 30.9 Å². The molecule has 1 aromatic heterocycles. The van der Waals surface area contributed by atoms with E-state index >= 15 is 4.39 Å². The number of aromatic amines is 1. The second-order valence-electron chi connectivity index (χ2n) is 8.72. The van der Waals surface area contributed by atoms with E-state index in [4.69, 9.17) is 4.74 Å². The Morgan fingerprint density at radius 2 is 1.88 bits per heavy atom. The number of carbonyl (C=O) groups is 1. The van der Waals surface area contributed by atoms with Crippen LogP contribution in [0.5, 0.6) is 5.75 Å². The first kappa shape index (κ1) is 21.4. The van der Waals surface area contributed by atoms with E-state index < -0.39 is 17.3 Å². The van der Waals surface area contributed by atoms with Gasteiger partial charge in [-0.05, 0) is 55.0 Å². The van der Waals surface area contributed by atoms with Gasteiger partial charge in [-0.1, -0.05) is 6.07 Å². The van der Waals surface area contributed by atoms with Crippen LogP contribution in [0, 0.1) is 23.5 Å². The number of nitrogens with one attached hydrogen (secondary N) is 1. The maximum Gasteiger partial charge on any atom is 0.343 e. The number of methoxy groups -OCH3 is 1. The first-order valence-electron chi connectivity index (χ1n) is 11.0. The van der Waals surface area contributed by atoms with E-state index in [-0.39, 0.29) is 34.7 Å². The van der Waals surface area contributed by atoms with Crippen LogP contribution < -0.4 is 10.4 Å². The molecule has 5 rings (SSSR count). The number of aromatic nitrogens is 3. The number of rotatable bonds is 6. The van der Waals surface area contributed by atoms with Gasteiger partial charge in [-0.3, -0.25) is 9.36 Å². The van der Waals surface area contributed by atoms with Gasteiger partial charge in [0, 0.05) is 37.2 Å². The molecule has 2 fully saturated rings. The second-order valence-corrected chi connectivity index (χ2v) is 8.72. The van der Waals surface area contributed by atoms with Crippen LogP contribution >= 0.6 is 0 Å². The average Bonchev–Trinajstić information content (AvgIpc) is 3.46. The minimum atomic E-state index is -0.611. The van der Waals surface area contributed by atoms with Crippen LogP contribution in [0.3, 0.4) is 0 Å². The van der Waals surface area contributed by atoms with Crippen molar-refractivity contribution in [1.82, 2.24) is 19.7 Å². The van der Waals surface area contributed by atoms with Crippen molar-refractivity contribution in [2.24, 2.45) is 11.8 Å². The molecule has 1 saturated carbocycles. The summed E-state index contributed by atoms with van der Waals surface area (Å²) in [7, 11) is 1.44. The monoisotopic (exact) mass is 454 g/mol. The maximum absolute atomic E-state index is 15.1. The fourth-order valence-electron chi connectivity index (χ4n) is 4.44. The molecular formula is C24H24F2N4O3. The molecule has 33 heavy (non-hydrogen) atoms. The highest BCUT2D eigenvalue weighted by molar-refractivity contribution is 5.81. The first-order valence-corrected chi connectivity index (χ1v) is 11.0. The molecule has 1 N–H and O–H groups in total. The van der Waals surface area contributed by atoms with Crippen molar-refractivity contribution in [2.75, 3.05) is 20.2 Å². The number of halogens is 2. The molecule has 1 aliphatic carbocycles. The molecule has 2 aromatic carbocycles. The van der Waals surface area contributed by atoms with Crippen LogP contribution in [0.4, 0.5) is 8.78 Å². The fraction of sp³-hybridized carbons (Fsp3) is 0.375. The zero-order chi connectivity index (χ0) is 23.1. The van der Waals surface area contributed by atoms with Gasteiger partial charge in [-0.25, -0.2) is 18.7 Å². The first-order chi connectivity index (χ1) is 15.9. The number of amides is 1. The van der Waals surface area contributed by atoms with Crippen molar-refractivity contribution in [3.8, 4) is 28.3 Å². The van der Waals surface area contributed by atoms with Gasteiger partial charge in [0.2, 0.25) is 5.91 Å². The van der Waals surface area contributed by atoms with Crippen molar-refractivity contribution in [3.05, 3.63) is 58.5 Å². The topological polar surface area (TPSA) is 80.2 Å². The third-order valence-corrected chi connectivity index (χ3v) is 6.42. The Morgan fingerprint density at radius 1 is 1.12 bits per heavy atom. The zero-order valence-electron chi connectivity index (χ0n) is 18.2. The highest BCUT2D eigenvalue weighted by Crippen LogP contribution is 2.34. The van der Waals surface area contributed by atoms with Crippen molar-refractivity contribution in [3.63, 3.8) is 0 Å². The highest BCUT2D eigenvalue weighted by atomic mass is 19.1. The minimum absolute atomic E-state index is 0.0949. The Labute approximate surface area is 189 Å². The molecule has 172 valence electrons. The van der Waals surface area contributed by atoms with Crippen molar-refractivity contribution >= 4 is 5.91 Å². The van der Waals surface area contributed by atoms with Gasteiger partial charge in [-0.15, -0.1) is 0 Å². The number of nitrogens with zero attached hydrogens (tertiary/aromatic N) is 3. The molecule has 0 spiro atoms. The maximum atomic E-state index is 15.1. The zero-order valence-corrected chi connectivity index (χ0v) is 18.2. The molecule has 2 heterocycles. The number of benzene rings is 2. The molecule has 1 aliphatic heterocycles. The summed E-state index contributed by atoms with van der Waals surface area (Å²) in [5.41, 5.74) is 0.328. The quantitative estimate of drug-likeness (QED) is 0.619. The number of hydrogen-bond donors (Lipinski definition) is 1. The van der Waals surface area contributed by atoms with Crippen LogP contribution in [0.1, 0.15) is 19.3 Å². The number of carbonyl (C=O) groups excluding carboxylic acids is 1. The lowest BCUT2D eigenvalue weighted by Crippen LogP contribution is -2.31. The van der Waals surface area contributed by atoms with E-state index in [1.165, 1.54) is 35.9 Å². The highest BCUT2D eigenvalue weighted by Gasteiger charge is 2.37. The largest absolute Gasteiger partial charge is 0.497 e. The summed E-state index contributed by atoms with van der Waals surface area (Å²) < 4.78 is 35.9. The molecule has 0 unspecified atom stereocenters. The lowest BCUT2D eigenvalue weighted by Gasteiger charge is -2.16. The Hall–Kier alpha value is -3.49. The third-order valence-electron chi connectivity index (χ3n) is 6.42. The summed E-state index contributed by atoms with van der Waals surface area (Å²) in [6.07, 6.45) is 2.70. The van der Waals surface area contributed by atoms with Crippen LogP contribution in [0.15, 0.2) is 41.2 Å². The average molecular weight is 454 g/mol. The van der Waals surface area contributed by atoms with E-state index in [1.54, 1.807) is 12.1 Å². The molecule has 1 atom stereocenters. The molecule has 0 radical (unpaired) electrons. The van der Waals surface area contributed by atoms with Crippen LogP contribution in [-0.2, 0) is 11.3 Å². The molecule has 0 bridgehead atoms. The van der Waals surface area contributed by atoms with Gasteiger partial charge in [0.1, 0.15) is 17.4 Å². The van der Waals surface area contributed by atoms with Gasteiger partial charge in [0.25, 0.3) is 0 Å². The summed E-state index contributed by atoms with van der Waals surface area (Å²) in [5, 5.41) is 6.44. The van der Waals surface area contributed by atoms with E-state index in [9.17, 15) is 14.0 Å². The third kappa shape index (κ3) is 4.15. The standard InChI is InChI=1S/C24H24F2N4O3/c1-33-17-5-7-18(21(26)11-17)16-4-6-19(20(25)10-16)22-27-28-24(32)30(22)13-14-8-9-29(12-14)23(31)15-2-3-15/h4-7,10-11,14-15H,2-3,8-9,12-13H2,1H3,(H,28,32)/t14-/m1/s1. The lowest BCUT2D eigenvalue weighted by molar-refractivity contribution is -0.131. The normalized spacial score (nSPS) is 18.0. The van der Waals surface area contributed by atoms with Crippen LogP contribution in [0.25, 0.3) is 22.5 Å². The molecule has 3 aromatic rings. The van der Waals surface area contributed by atoms with Crippen LogP contribution in [-0.4, -0.2) is 45.8 Å². The van der Waals surface area contributed by atoms with Gasteiger partial charge >= 0.3 is 5.69 Å². The van der Waals surface area contributed by atoms with Gasteiger partial charge in [0.05, 0.1) is 12.7 Å². The summed E-state index contributed by atoms with van der Waals surface area (Å²) in [6, 6.07) is 8.70. The summed E-state index contributed by atoms with van der Waals surface area (Å²) in [4.78, 5) is 26.6. The van der Waals surface area contributed by atoms with Gasteiger partial charge in [0.15, 0.2) is 5.82 Å². The molecule has 7 nitrogen and oxygen atoms in total. The number of hydrogen-bond acceptors (Lipinski definition) is 4. The van der Waals surface area contributed by atoms with Gasteiger partial charge < -0.3 is 9.64 Å². The number of ether oxygens (including phenoxy) is 1. The van der Waals surface area contributed by atoms with Crippen molar-refractivity contribution < 1.29 is 18.3 Å². The Kier molecular flexibility index (Phi) is 5.47. The summed E-state index contributed by atoms with van der Waals surface area (Å²) >= 11 is 0. The molecule has 2 aliphatic rings. The van der Waals surface area contributed by atoms with E-state index in [0.717, 1.165) is 19.3 Å². The number of likely N-dealkylation sites (tertiary alicyclic amines) is 1. The molecule has 1 saturated heterocycles. The van der Waals surface area contributed by atoms with Gasteiger partial charge in [-0.2, -0.15) is 5.10 Å². The minimum Gasteiger partial charge on any atom is -0.497 e. The molecule has 9 heteroatoms. The predicted molar refractivity (Wildman–Crippen MR) is 118 cm³/mol. The Bertz CT molecular complexity index is 1260. The van der Waals surface area contributed by atoms with E-state index in [2.05, 4.69) is 10.2 Å². The SMILES string of the molecule is COc1ccc(-c2ccc(-c3n[nH]c(=O)n3C[C@@H]3CCN(C(=O)C4CC4)C3)c(F)c2)c(F)c1. The Balaban J connectivity index is 1.38. The predicted octanol–water partition coefficient (Wildman–Crippen LogP) is 3.45. The number of H-pyrrole nitrogens is 1. The fourth-order valence-corrected chi connectivity index (χ4v) is 4.44. The van der Waals surface area contributed by atoms with Crippen molar-refractivity contribution in [2.45, 2.75) is 25.8 Å².